The molecular formula is C9H9FN2S. The van der Waals surface area contributed by atoms with Crippen molar-refractivity contribution in [2.75, 3.05) is 11.5 Å². The van der Waals surface area contributed by atoms with Crippen LogP contribution in [0.1, 0.15) is 6.42 Å². The number of benzene rings is 1. The van der Waals surface area contributed by atoms with Crippen LogP contribution in [0.3, 0.4) is 0 Å². The van der Waals surface area contributed by atoms with Crippen molar-refractivity contribution in [1.29, 1.82) is 5.26 Å². The summed E-state index contributed by atoms with van der Waals surface area (Å²) in [6.45, 7) is 0. The molecule has 13 heavy (non-hydrogen) atoms. The minimum atomic E-state index is -0.331. The topological polar surface area (TPSA) is 49.8 Å². The second-order valence-corrected chi connectivity index (χ2v) is 3.58. The zero-order chi connectivity index (χ0) is 9.68. The van der Waals surface area contributed by atoms with Gasteiger partial charge in [0.2, 0.25) is 0 Å². The Bertz CT molecular complexity index is 333. The number of rotatable bonds is 3. The summed E-state index contributed by atoms with van der Waals surface area (Å²) in [5, 5.41) is 8.30. The highest BCUT2D eigenvalue weighted by Gasteiger charge is 2.00. The molecule has 0 saturated heterocycles. The predicted molar refractivity (Wildman–Crippen MR) is 51.8 cm³/mol. The van der Waals surface area contributed by atoms with Crippen molar-refractivity contribution < 1.29 is 4.39 Å². The molecule has 0 spiro atoms. The smallest absolute Gasteiger partial charge is 0.125 e. The molecule has 0 amide bonds. The van der Waals surface area contributed by atoms with Crippen LogP contribution in [0.4, 0.5) is 10.1 Å². The summed E-state index contributed by atoms with van der Waals surface area (Å²) >= 11 is 1.47. The number of nitrogen functional groups attached to an aromatic ring is 1. The Morgan fingerprint density at radius 1 is 1.54 bits per heavy atom. The van der Waals surface area contributed by atoms with Gasteiger partial charge in [0.25, 0.3) is 0 Å². The Morgan fingerprint density at radius 3 is 2.92 bits per heavy atom. The van der Waals surface area contributed by atoms with E-state index in [1.807, 2.05) is 6.07 Å². The van der Waals surface area contributed by atoms with Gasteiger partial charge in [-0.1, -0.05) is 0 Å². The molecule has 0 aliphatic rings. The fourth-order valence-corrected chi connectivity index (χ4v) is 1.66. The second-order valence-electron chi connectivity index (χ2n) is 2.44. The van der Waals surface area contributed by atoms with Gasteiger partial charge < -0.3 is 5.73 Å². The molecule has 0 unspecified atom stereocenters. The average molecular weight is 196 g/mol. The van der Waals surface area contributed by atoms with Gasteiger partial charge in [-0.05, 0) is 18.2 Å². The van der Waals surface area contributed by atoms with Crippen LogP contribution in [0.2, 0.25) is 0 Å². The van der Waals surface area contributed by atoms with E-state index in [0.717, 1.165) is 4.90 Å². The van der Waals surface area contributed by atoms with E-state index < -0.39 is 0 Å². The molecule has 0 aromatic heterocycles. The first-order valence-corrected chi connectivity index (χ1v) is 4.77. The van der Waals surface area contributed by atoms with Gasteiger partial charge in [0.15, 0.2) is 0 Å². The van der Waals surface area contributed by atoms with E-state index in [-0.39, 0.29) is 5.82 Å². The highest BCUT2D eigenvalue weighted by Crippen LogP contribution is 2.25. The lowest BCUT2D eigenvalue weighted by Crippen LogP contribution is -1.90. The first-order valence-electron chi connectivity index (χ1n) is 3.79. The number of thioether (sulfide) groups is 1. The van der Waals surface area contributed by atoms with Crippen LogP contribution in [0.15, 0.2) is 23.1 Å². The summed E-state index contributed by atoms with van der Waals surface area (Å²) in [6, 6.07) is 6.32. The number of nitrogens with two attached hydrogens (primary N) is 1. The van der Waals surface area contributed by atoms with Gasteiger partial charge in [-0.3, -0.25) is 0 Å². The third kappa shape index (κ3) is 2.96. The van der Waals surface area contributed by atoms with Crippen LogP contribution >= 0.6 is 11.8 Å². The maximum atomic E-state index is 12.6. The van der Waals surface area contributed by atoms with Crippen molar-refractivity contribution in [2.24, 2.45) is 0 Å². The van der Waals surface area contributed by atoms with Crippen LogP contribution in [0.25, 0.3) is 0 Å². The zero-order valence-electron chi connectivity index (χ0n) is 6.96. The van der Waals surface area contributed by atoms with Crippen LogP contribution in [0, 0.1) is 17.1 Å². The maximum absolute atomic E-state index is 12.6. The van der Waals surface area contributed by atoms with Crippen molar-refractivity contribution in [1.82, 2.24) is 0 Å². The summed E-state index contributed by atoms with van der Waals surface area (Å²) in [5.74, 6) is 0.355. The molecule has 68 valence electrons. The summed E-state index contributed by atoms with van der Waals surface area (Å²) in [7, 11) is 0. The molecular weight excluding hydrogens is 187 g/mol. The van der Waals surface area contributed by atoms with E-state index in [1.165, 1.54) is 23.9 Å². The van der Waals surface area contributed by atoms with Gasteiger partial charge in [0, 0.05) is 22.8 Å². The highest BCUT2D eigenvalue weighted by atomic mass is 32.2. The lowest BCUT2D eigenvalue weighted by atomic mass is 10.3. The quantitative estimate of drug-likeness (QED) is 0.459. The second kappa shape index (κ2) is 4.73. The van der Waals surface area contributed by atoms with Crippen molar-refractivity contribution in [3.05, 3.63) is 24.0 Å². The molecule has 0 fully saturated rings. The van der Waals surface area contributed by atoms with Crippen molar-refractivity contribution in [3.63, 3.8) is 0 Å². The molecule has 2 nitrogen and oxygen atoms in total. The fourth-order valence-electron chi connectivity index (χ4n) is 0.857. The first-order chi connectivity index (χ1) is 6.24. The minimum Gasteiger partial charge on any atom is -0.398 e. The van der Waals surface area contributed by atoms with E-state index in [2.05, 4.69) is 0 Å². The Balaban J connectivity index is 2.62. The number of hydrogen-bond donors (Lipinski definition) is 1. The summed E-state index contributed by atoms with van der Waals surface area (Å²) < 4.78 is 12.6. The molecule has 0 heterocycles. The number of hydrogen-bond acceptors (Lipinski definition) is 3. The summed E-state index contributed by atoms with van der Waals surface area (Å²) in [4.78, 5) is 0.830. The highest BCUT2D eigenvalue weighted by molar-refractivity contribution is 7.99. The van der Waals surface area contributed by atoms with Gasteiger partial charge in [-0.15, -0.1) is 11.8 Å². The molecule has 4 heteroatoms. The molecule has 0 aliphatic carbocycles. The van der Waals surface area contributed by atoms with E-state index in [4.69, 9.17) is 11.0 Å². The van der Waals surface area contributed by atoms with Crippen LogP contribution in [-0.4, -0.2) is 5.75 Å². The molecule has 1 aromatic rings. The lowest BCUT2D eigenvalue weighted by molar-refractivity contribution is 0.627. The van der Waals surface area contributed by atoms with Crippen molar-refractivity contribution in [3.8, 4) is 6.07 Å². The number of halogens is 1. The van der Waals surface area contributed by atoms with E-state index in [0.29, 0.717) is 17.9 Å². The van der Waals surface area contributed by atoms with Crippen molar-refractivity contribution in [2.45, 2.75) is 11.3 Å². The number of nitriles is 1. The third-order valence-electron chi connectivity index (χ3n) is 1.44. The molecule has 1 rings (SSSR count). The molecule has 1 aromatic carbocycles. The van der Waals surface area contributed by atoms with Crippen LogP contribution in [0.5, 0.6) is 0 Å². The lowest BCUT2D eigenvalue weighted by Gasteiger charge is -2.02. The fraction of sp³-hybridized carbons (Fsp3) is 0.222. The minimum absolute atomic E-state index is 0.331. The SMILES string of the molecule is N#CCCSc1ccc(F)cc1N. The van der Waals surface area contributed by atoms with Gasteiger partial charge in [-0.2, -0.15) is 5.26 Å². The Labute approximate surface area is 80.5 Å². The van der Waals surface area contributed by atoms with Gasteiger partial charge >= 0.3 is 0 Å². The Kier molecular flexibility index (Phi) is 3.59. The Morgan fingerprint density at radius 2 is 2.31 bits per heavy atom. The Hall–Kier alpha value is -1.21. The normalized spacial score (nSPS) is 9.54. The molecule has 0 radical (unpaired) electrons. The molecule has 0 atom stereocenters. The van der Waals surface area contributed by atoms with Gasteiger partial charge in [0.1, 0.15) is 5.82 Å². The van der Waals surface area contributed by atoms with Crippen LogP contribution in [-0.2, 0) is 0 Å². The van der Waals surface area contributed by atoms with E-state index in [1.54, 1.807) is 6.07 Å². The average Bonchev–Trinajstić information content (AvgIpc) is 2.09. The van der Waals surface area contributed by atoms with Crippen molar-refractivity contribution >= 4 is 17.4 Å². The number of nitrogens with zero attached hydrogens (tertiary/aromatic N) is 1. The summed E-state index contributed by atoms with van der Waals surface area (Å²) in [6.07, 6.45) is 0.474. The number of anilines is 1. The molecule has 0 aliphatic heterocycles. The van der Waals surface area contributed by atoms with Gasteiger partial charge in [0.05, 0.1) is 6.07 Å². The monoisotopic (exact) mass is 196 g/mol. The predicted octanol–water partition coefficient (Wildman–Crippen LogP) is 2.41. The maximum Gasteiger partial charge on any atom is 0.125 e. The standard InChI is InChI=1S/C9H9FN2S/c10-7-2-3-9(8(12)6-7)13-5-1-4-11/h2-3,6H,1,5,12H2. The van der Waals surface area contributed by atoms with Gasteiger partial charge in [-0.25, -0.2) is 4.39 Å². The first kappa shape index (κ1) is 9.87. The zero-order valence-corrected chi connectivity index (χ0v) is 7.77. The molecule has 2 N–H and O–H groups in total. The molecule has 0 bridgehead atoms. The summed E-state index contributed by atoms with van der Waals surface area (Å²) in [5.41, 5.74) is 5.99. The van der Waals surface area contributed by atoms with E-state index >= 15 is 0 Å². The van der Waals surface area contributed by atoms with Crippen LogP contribution < -0.4 is 5.73 Å². The van der Waals surface area contributed by atoms with E-state index in [9.17, 15) is 4.39 Å². The largest absolute Gasteiger partial charge is 0.398 e. The third-order valence-corrected chi connectivity index (χ3v) is 2.53. The molecule has 0 saturated carbocycles.